The molecule has 0 radical (unpaired) electrons. The maximum Gasteiger partial charge on any atom is 0.311 e. The van der Waals surface area contributed by atoms with Crippen molar-refractivity contribution in [2.75, 3.05) is 46.7 Å². The molecule has 0 saturated carbocycles. The Balaban J connectivity index is 4.77. The van der Waals surface area contributed by atoms with Gasteiger partial charge in [-0.25, -0.2) is 0 Å². The molecule has 0 aromatic carbocycles. The second-order valence-electron chi connectivity index (χ2n) is 8.90. The summed E-state index contributed by atoms with van der Waals surface area (Å²) in [7, 11) is 1.94. The standard InChI is InChI=1S/C18H35NO7S/c1-8-18(4,16(21)25-11-9-13-27(22,23)24)14-17(2,3)15(20)26-12-10-19(5,6)7/h8-14H2,1-7H3/p+1. The van der Waals surface area contributed by atoms with Gasteiger partial charge in [0.2, 0.25) is 0 Å². The molecule has 0 fully saturated rings. The van der Waals surface area contributed by atoms with Gasteiger partial charge in [0, 0.05) is 0 Å². The fraction of sp³-hybridized carbons (Fsp3) is 0.889. The van der Waals surface area contributed by atoms with Gasteiger partial charge in [-0.3, -0.25) is 14.1 Å². The van der Waals surface area contributed by atoms with Crippen LogP contribution in [0.15, 0.2) is 0 Å². The van der Waals surface area contributed by atoms with Crippen molar-refractivity contribution >= 4 is 22.1 Å². The van der Waals surface area contributed by atoms with Crippen LogP contribution in [0.2, 0.25) is 0 Å². The molecule has 9 heteroatoms. The SMILES string of the molecule is CCC(C)(CC(C)(C)C(=O)OCC[N+](C)(C)C)C(=O)OCCCS(=O)(=O)O. The Morgan fingerprint density at radius 3 is 1.96 bits per heavy atom. The summed E-state index contributed by atoms with van der Waals surface area (Å²) in [6.07, 6.45) is 0.720. The lowest BCUT2D eigenvalue weighted by Gasteiger charge is -2.34. The first kappa shape index (κ1) is 25.8. The normalized spacial score (nSPS) is 15.1. The van der Waals surface area contributed by atoms with Crippen LogP contribution in [0.3, 0.4) is 0 Å². The van der Waals surface area contributed by atoms with Crippen LogP contribution in [0.5, 0.6) is 0 Å². The van der Waals surface area contributed by atoms with Gasteiger partial charge in [0.05, 0.1) is 44.3 Å². The molecular weight excluding hydrogens is 374 g/mol. The van der Waals surface area contributed by atoms with Crippen LogP contribution in [-0.2, 0) is 29.2 Å². The van der Waals surface area contributed by atoms with Crippen molar-refractivity contribution < 1.29 is 36.5 Å². The third-order valence-electron chi connectivity index (χ3n) is 4.43. The van der Waals surface area contributed by atoms with Crippen molar-refractivity contribution in [3.05, 3.63) is 0 Å². The van der Waals surface area contributed by atoms with Gasteiger partial charge in [-0.1, -0.05) is 6.92 Å². The molecule has 0 aliphatic rings. The number of likely N-dealkylation sites (N-methyl/N-ethyl adjacent to an activating group) is 1. The van der Waals surface area contributed by atoms with Crippen LogP contribution in [0.4, 0.5) is 0 Å². The molecule has 0 saturated heterocycles. The Labute approximate surface area is 163 Å². The molecule has 8 nitrogen and oxygen atoms in total. The monoisotopic (exact) mass is 410 g/mol. The molecule has 0 rings (SSSR count). The largest absolute Gasteiger partial charge is 0.465 e. The number of hydrogen-bond donors (Lipinski definition) is 1. The first-order chi connectivity index (χ1) is 12.0. The van der Waals surface area contributed by atoms with E-state index in [1.165, 1.54) is 0 Å². The highest BCUT2D eigenvalue weighted by Gasteiger charge is 2.43. The highest BCUT2D eigenvalue weighted by Crippen LogP contribution is 2.38. The van der Waals surface area contributed by atoms with Crippen LogP contribution < -0.4 is 0 Å². The van der Waals surface area contributed by atoms with Crippen molar-refractivity contribution in [1.29, 1.82) is 0 Å². The van der Waals surface area contributed by atoms with Gasteiger partial charge in [0.25, 0.3) is 10.1 Å². The Morgan fingerprint density at radius 1 is 1.00 bits per heavy atom. The molecule has 1 unspecified atom stereocenters. The first-order valence-corrected chi connectivity index (χ1v) is 10.7. The van der Waals surface area contributed by atoms with E-state index < -0.39 is 32.7 Å². The maximum atomic E-state index is 12.5. The van der Waals surface area contributed by atoms with Crippen molar-refractivity contribution in [1.82, 2.24) is 0 Å². The van der Waals surface area contributed by atoms with E-state index >= 15 is 0 Å². The maximum absolute atomic E-state index is 12.5. The molecule has 0 aromatic rings. The van der Waals surface area contributed by atoms with Crippen LogP contribution in [0, 0.1) is 10.8 Å². The van der Waals surface area contributed by atoms with Gasteiger partial charge >= 0.3 is 11.9 Å². The third-order valence-corrected chi connectivity index (χ3v) is 5.24. The highest BCUT2D eigenvalue weighted by atomic mass is 32.2. The first-order valence-electron chi connectivity index (χ1n) is 9.12. The van der Waals surface area contributed by atoms with E-state index in [0.717, 1.165) is 0 Å². The fourth-order valence-corrected chi connectivity index (χ4v) is 3.06. The Hall–Kier alpha value is -1.19. The Morgan fingerprint density at radius 2 is 1.52 bits per heavy atom. The van der Waals surface area contributed by atoms with Crippen molar-refractivity contribution in [2.24, 2.45) is 10.8 Å². The predicted octanol–water partition coefficient (Wildman–Crippen LogP) is 1.89. The van der Waals surface area contributed by atoms with E-state index in [1.807, 2.05) is 28.1 Å². The summed E-state index contributed by atoms with van der Waals surface area (Å²) in [6.45, 7) is 7.90. The average molecular weight is 411 g/mol. The van der Waals surface area contributed by atoms with E-state index in [2.05, 4.69) is 0 Å². The van der Waals surface area contributed by atoms with Crippen LogP contribution in [0.1, 0.15) is 47.0 Å². The zero-order valence-electron chi connectivity index (χ0n) is 17.7. The smallest absolute Gasteiger partial charge is 0.311 e. The summed E-state index contributed by atoms with van der Waals surface area (Å²) in [5.74, 6) is -1.32. The van der Waals surface area contributed by atoms with Crippen molar-refractivity contribution in [3.8, 4) is 0 Å². The Kier molecular flexibility index (Phi) is 9.40. The summed E-state index contributed by atoms with van der Waals surface area (Å²) < 4.78 is 41.3. The molecule has 0 aliphatic carbocycles. The lowest BCUT2D eigenvalue weighted by Crippen LogP contribution is -2.41. The molecule has 0 aromatic heterocycles. The van der Waals surface area contributed by atoms with Crippen molar-refractivity contribution in [2.45, 2.75) is 47.0 Å². The molecule has 0 aliphatic heterocycles. The van der Waals surface area contributed by atoms with Gasteiger partial charge in [0.15, 0.2) is 0 Å². The topological polar surface area (TPSA) is 107 Å². The third kappa shape index (κ3) is 10.7. The van der Waals surface area contributed by atoms with Crippen LogP contribution in [-0.4, -0.2) is 76.0 Å². The molecule has 27 heavy (non-hydrogen) atoms. The number of ether oxygens (including phenoxy) is 2. The number of quaternary nitrogens is 1. The molecule has 0 bridgehead atoms. The second kappa shape index (κ2) is 9.84. The summed E-state index contributed by atoms with van der Waals surface area (Å²) in [5.41, 5.74) is -1.77. The van der Waals surface area contributed by atoms with Gasteiger partial charge in [-0.2, -0.15) is 8.42 Å². The molecular formula is C18H36NO7S+. The quantitative estimate of drug-likeness (QED) is 0.227. The summed E-state index contributed by atoms with van der Waals surface area (Å²) >= 11 is 0. The lowest BCUT2D eigenvalue weighted by atomic mass is 9.72. The van der Waals surface area contributed by atoms with Gasteiger partial charge in [-0.15, -0.1) is 0 Å². The van der Waals surface area contributed by atoms with Crippen molar-refractivity contribution in [3.63, 3.8) is 0 Å². The molecule has 0 heterocycles. The van der Waals surface area contributed by atoms with E-state index in [9.17, 15) is 18.0 Å². The van der Waals surface area contributed by atoms with Gasteiger partial charge in [-0.05, 0) is 40.0 Å². The molecule has 0 amide bonds. The summed E-state index contributed by atoms with van der Waals surface area (Å²) in [4.78, 5) is 24.9. The molecule has 1 atom stereocenters. The minimum absolute atomic E-state index is 0.0147. The zero-order valence-corrected chi connectivity index (χ0v) is 18.5. The number of rotatable bonds is 12. The fourth-order valence-electron chi connectivity index (χ4n) is 2.58. The lowest BCUT2D eigenvalue weighted by molar-refractivity contribution is -0.870. The van der Waals surface area contributed by atoms with E-state index in [-0.39, 0.29) is 25.4 Å². The predicted molar refractivity (Wildman–Crippen MR) is 103 cm³/mol. The molecule has 1 N–H and O–H groups in total. The zero-order chi connectivity index (χ0) is 21.5. The van der Waals surface area contributed by atoms with E-state index in [0.29, 0.717) is 24.1 Å². The summed E-state index contributed by atoms with van der Waals surface area (Å²) in [6, 6.07) is 0. The van der Waals surface area contributed by atoms with Crippen LogP contribution in [0.25, 0.3) is 0 Å². The number of nitrogens with zero attached hydrogens (tertiary/aromatic N) is 1. The second-order valence-corrected chi connectivity index (χ2v) is 10.5. The Bertz CT molecular complexity index is 608. The van der Waals surface area contributed by atoms with Crippen LogP contribution >= 0.6 is 0 Å². The number of hydrogen-bond acceptors (Lipinski definition) is 6. The highest BCUT2D eigenvalue weighted by molar-refractivity contribution is 7.85. The minimum atomic E-state index is -4.08. The average Bonchev–Trinajstić information content (AvgIpc) is 2.48. The van der Waals surface area contributed by atoms with E-state index in [1.54, 1.807) is 20.8 Å². The number of esters is 2. The minimum Gasteiger partial charge on any atom is -0.465 e. The van der Waals surface area contributed by atoms with E-state index in [4.69, 9.17) is 14.0 Å². The van der Waals surface area contributed by atoms with Gasteiger partial charge in [0.1, 0.15) is 13.2 Å². The van der Waals surface area contributed by atoms with Gasteiger partial charge < -0.3 is 14.0 Å². The molecule has 0 spiro atoms. The summed E-state index contributed by atoms with van der Waals surface area (Å²) in [5, 5.41) is 0. The number of carbonyl (C=O) groups is 2. The molecule has 160 valence electrons. The number of carbonyl (C=O) groups excluding carboxylic acids is 2.